The maximum absolute atomic E-state index is 12.5. The molecule has 0 aromatic carbocycles. The molecular weight excluding hydrogens is 292 g/mol. The zero-order chi connectivity index (χ0) is 16.4. The van der Waals surface area contributed by atoms with Crippen LogP contribution in [0.5, 0.6) is 0 Å². The van der Waals surface area contributed by atoms with Gasteiger partial charge in [-0.05, 0) is 37.7 Å². The zero-order valence-corrected chi connectivity index (χ0v) is 14.1. The minimum atomic E-state index is 0.130. The average Bonchev–Trinajstić information content (AvgIpc) is 2.81. The van der Waals surface area contributed by atoms with Gasteiger partial charge in [0.1, 0.15) is 6.54 Å². The summed E-state index contributed by atoms with van der Waals surface area (Å²) in [5, 5.41) is 4.20. The van der Waals surface area contributed by atoms with Crippen LogP contribution in [0, 0.1) is 12.8 Å². The van der Waals surface area contributed by atoms with Crippen molar-refractivity contribution in [1.29, 1.82) is 0 Å². The third-order valence-electron chi connectivity index (χ3n) is 5.13. The lowest BCUT2D eigenvalue weighted by Gasteiger charge is -2.42. The van der Waals surface area contributed by atoms with Crippen LogP contribution in [0.1, 0.15) is 38.2 Å². The molecule has 3 heterocycles. The standard InChI is InChI=1S/C17H26N4O2/c1-13-9-18-20(10-13)12-17(23)19-8-6-16-15(11-19)5-3-4-7-21(16)14(2)22/h9-10,15-16H,3-8,11-12H2,1-2H3/t15-,16-/m1/s1. The van der Waals surface area contributed by atoms with Crippen molar-refractivity contribution >= 4 is 11.8 Å². The summed E-state index contributed by atoms with van der Waals surface area (Å²) < 4.78 is 1.71. The van der Waals surface area contributed by atoms with Gasteiger partial charge in [0, 0.05) is 38.8 Å². The summed E-state index contributed by atoms with van der Waals surface area (Å²) >= 11 is 0. The molecule has 0 aliphatic carbocycles. The van der Waals surface area contributed by atoms with Crippen LogP contribution in [0.4, 0.5) is 0 Å². The number of piperidine rings is 1. The number of fused-ring (bicyclic) bond motifs is 1. The van der Waals surface area contributed by atoms with Crippen molar-refractivity contribution in [1.82, 2.24) is 19.6 Å². The molecule has 2 saturated heterocycles. The predicted molar refractivity (Wildman–Crippen MR) is 86.7 cm³/mol. The minimum Gasteiger partial charge on any atom is -0.341 e. The Kier molecular flexibility index (Phi) is 4.68. The maximum Gasteiger partial charge on any atom is 0.244 e. The van der Waals surface area contributed by atoms with E-state index in [1.807, 2.05) is 22.9 Å². The second kappa shape index (κ2) is 6.72. The predicted octanol–water partition coefficient (Wildman–Crippen LogP) is 1.44. The number of amides is 2. The largest absolute Gasteiger partial charge is 0.341 e. The number of nitrogens with zero attached hydrogens (tertiary/aromatic N) is 4. The third-order valence-corrected chi connectivity index (χ3v) is 5.13. The Morgan fingerprint density at radius 2 is 2.09 bits per heavy atom. The van der Waals surface area contributed by atoms with E-state index in [1.165, 1.54) is 0 Å². The lowest BCUT2D eigenvalue weighted by molar-refractivity contribution is -0.138. The molecule has 2 amide bonds. The summed E-state index contributed by atoms with van der Waals surface area (Å²) in [7, 11) is 0. The van der Waals surface area contributed by atoms with Crippen LogP contribution in [0.15, 0.2) is 12.4 Å². The molecule has 2 aliphatic rings. The number of carbonyl (C=O) groups is 2. The van der Waals surface area contributed by atoms with E-state index < -0.39 is 0 Å². The van der Waals surface area contributed by atoms with Crippen molar-refractivity contribution in [2.24, 2.45) is 5.92 Å². The summed E-state index contributed by atoms with van der Waals surface area (Å²) in [5.41, 5.74) is 1.07. The molecule has 0 N–H and O–H groups in total. The topological polar surface area (TPSA) is 58.4 Å². The zero-order valence-electron chi connectivity index (χ0n) is 14.1. The first kappa shape index (κ1) is 16.0. The second-order valence-corrected chi connectivity index (χ2v) is 6.88. The van der Waals surface area contributed by atoms with Crippen molar-refractivity contribution in [2.75, 3.05) is 19.6 Å². The number of aromatic nitrogens is 2. The molecule has 0 radical (unpaired) electrons. The van der Waals surface area contributed by atoms with Crippen molar-refractivity contribution in [3.05, 3.63) is 18.0 Å². The van der Waals surface area contributed by atoms with Gasteiger partial charge in [-0.3, -0.25) is 14.3 Å². The first-order chi connectivity index (χ1) is 11.0. The Balaban J connectivity index is 1.64. The van der Waals surface area contributed by atoms with Crippen molar-refractivity contribution in [3.8, 4) is 0 Å². The lowest BCUT2D eigenvalue weighted by atomic mass is 9.88. The minimum absolute atomic E-state index is 0.130. The lowest BCUT2D eigenvalue weighted by Crippen LogP contribution is -2.53. The molecule has 23 heavy (non-hydrogen) atoms. The molecule has 0 spiro atoms. The van der Waals surface area contributed by atoms with Crippen molar-refractivity contribution in [3.63, 3.8) is 0 Å². The van der Waals surface area contributed by atoms with Crippen LogP contribution in [-0.2, 0) is 16.1 Å². The molecule has 0 bridgehead atoms. The summed E-state index contributed by atoms with van der Waals surface area (Å²) in [5.74, 6) is 0.720. The highest BCUT2D eigenvalue weighted by molar-refractivity contribution is 5.76. The average molecular weight is 318 g/mol. The molecular formula is C17H26N4O2. The van der Waals surface area contributed by atoms with Gasteiger partial charge in [-0.25, -0.2) is 0 Å². The van der Waals surface area contributed by atoms with Crippen LogP contribution in [-0.4, -0.2) is 57.1 Å². The molecule has 6 heteroatoms. The molecule has 126 valence electrons. The van der Waals surface area contributed by atoms with Gasteiger partial charge < -0.3 is 9.80 Å². The van der Waals surface area contributed by atoms with E-state index in [9.17, 15) is 9.59 Å². The molecule has 0 saturated carbocycles. The fraction of sp³-hybridized carbons (Fsp3) is 0.706. The van der Waals surface area contributed by atoms with Crippen LogP contribution in [0.2, 0.25) is 0 Å². The fourth-order valence-corrected chi connectivity index (χ4v) is 3.98. The smallest absolute Gasteiger partial charge is 0.244 e. The fourth-order valence-electron chi connectivity index (χ4n) is 3.98. The molecule has 2 fully saturated rings. The second-order valence-electron chi connectivity index (χ2n) is 6.88. The van der Waals surface area contributed by atoms with Crippen LogP contribution in [0.3, 0.4) is 0 Å². The number of carbonyl (C=O) groups excluding carboxylic acids is 2. The molecule has 1 aromatic heterocycles. The number of hydrogen-bond acceptors (Lipinski definition) is 3. The van der Waals surface area contributed by atoms with E-state index in [-0.39, 0.29) is 11.8 Å². The molecule has 0 unspecified atom stereocenters. The molecule has 1 aromatic rings. The normalized spacial score (nSPS) is 25.0. The summed E-state index contributed by atoms with van der Waals surface area (Å²) in [4.78, 5) is 28.4. The quantitative estimate of drug-likeness (QED) is 0.829. The van der Waals surface area contributed by atoms with Gasteiger partial charge in [0.25, 0.3) is 0 Å². The first-order valence-electron chi connectivity index (χ1n) is 8.58. The number of likely N-dealkylation sites (tertiary alicyclic amines) is 2. The Morgan fingerprint density at radius 1 is 1.26 bits per heavy atom. The monoisotopic (exact) mass is 318 g/mol. The Hall–Kier alpha value is -1.85. The highest BCUT2D eigenvalue weighted by atomic mass is 16.2. The van der Waals surface area contributed by atoms with Crippen LogP contribution < -0.4 is 0 Å². The van der Waals surface area contributed by atoms with Crippen LogP contribution >= 0.6 is 0 Å². The van der Waals surface area contributed by atoms with Gasteiger partial charge in [0.05, 0.1) is 6.20 Å². The summed E-state index contributed by atoms with van der Waals surface area (Å²) in [6.07, 6.45) is 7.90. The Bertz CT molecular complexity index is 583. The van der Waals surface area contributed by atoms with Gasteiger partial charge in [-0.1, -0.05) is 6.42 Å². The third kappa shape index (κ3) is 3.57. The molecule has 2 atom stereocenters. The Morgan fingerprint density at radius 3 is 2.78 bits per heavy atom. The number of rotatable bonds is 2. The van der Waals surface area contributed by atoms with E-state index in [2.05, 4.69) is 5.10 Å². The molecule has 2 aliphatic heterocycles. The van der Waals surface area contributed by atoms with Crippen molar-refractivity contribution in [2.45, 2.75) is 52.1 Å². The summed E-state index contributed by atoms with van der Waals surface area (Å²) in [6, 6.07) is 0.311. The highest BCUT2D eigenvalue weighted by Crippen LogP contribution is 2.30. The van der Waals surface area contributed by atoms with Crippen LogP contribution in [0.25, 0.3) is 0 Å². The molecule has 6 nitrogen and oxygen atoms in total. The summed E-state index contributed by atoms with van der Waals surface area (Å²) in [6.45, 7) is 6.33. The number of aryl methyl sites for hydroxylation is 1. The SMILES string of the molecule is CC(=O)N1CCCC[C@@H]2CN(C(=O)Cn3cc(C)cn3)CC[C@H]21. The first-order valence-corrected chi connectivity index (χ1v) is 8.58. The van der Waals surface area contributed by atoms with Gasteiger partial charge in [-0.15, -0.1) is 0 Å². The van der Waals surface area contributed by atoms with E-state index in [4.69, 9.17) is 0 Å². The van der Waals surface area contributed by atoms with E-state index in [0.717, 1.165) is 50.9 Å². The van der Waals surface area contributed by atoms with E-state index in [0.29, 0.717) is 18.5 Å². The van der Waals surface area contributed by atoms with Gasteiger partial charge in [0.2, 0.25) is 11.8 Å². The van der Waals surface area contributed by atoms with Gasteiger partial charge in [-0.2, -0.15) is 5.10 Å². The highest BCUT2D eigenvalue weighted by Gasteiger charge is 2.37. The van der Waals surface area contributed by atoms with Gasteiger partial charge in [0.15, 0.2) is 0 Å². The van der Waals surface area contributed by atoms with Crippen molar-refractivity contribution < 1.29 is 9.59 Å². The van der Waals surface area contributed by atoms with E-state index in [1.54, 1.807) is 17.8 Å². The number of hydrogen-bond donors (Lipinski definition) is 0. The maximum atomic E-state index is 12.5. The Labute approximate surface area is 137 Å². The van der Waals surface area contributed by atoms with Gasteiger partial charge >= 0.3 is 0 Å². The molecule has 3 rings (SSSR count). The van der Waals surface area contributed by atoms with E-state index >= 15 is 0 Å².